The van der Waals surface area contributed by atoms with E-state index >= 15 is 0 Å². The maximum absolute atomic E-state index is 10.9. The standard InChI is InChI=1S/C19H14N2O2S2/c22-10-20-15-3-1-2-12-8-14-13(18(12)15)4-5-16(21-11-23)19(14)17-9-24-6-7-25-17/h1-5,17H,6-9H2. The molecule has 1 heterocycles. The zero-order chi connectivity index (χ0) is 17.2. The Bertz CT molecular complexity index is 939. The minimum absolute atomic E-state index is 0.313. The molecule has 0 saturated carbocycles. The number of aliphatic imine (C=N–C) groups is 2. The van der Waals surface area contributed by atoms with Gasteiger partial charge in [-0.3, -0.25) is 0 Å². The van der Waals surface area contributed by atoms with Crippen LogP contribution >= 0.6 is 23.5 Å². The van der Waals surface area contributed by atoms with E-state index in [4.69, 9.17) is 0 Å². The quantitative estimate of drug-likeness (QED) is 0.497. The number of hydrogen-bond acceptors (Lipinski definition) is 6. The van der Waals surface area contributed by atoms with Crippen LogP contribution in [0.15, 0.2) is 40.3 Å². The molecule has 1 aliphatic carbocycles. The van der Waals surface area contributed by atoms with E-state index < -0.39 is 0 Å². The molecular weight excluding hydrogens is 352 g/mol. The number of thioether (sulfide) groups is 2. The van der Waals surface area contributed by atoms with Crippen LogP contribution in [0.4, 0.5) is 11.4 Å². The molecule has 4 rings (SSSR count). The summed E-state index contributed by atoms with van der Waals surface area (Å²) in [5, 5.41) is 0.313. The number of nitrogens with zero attached hydrogens (tertiary/aromatic N) is 2. The summed E-state index contributed by atoms with van der Waals surface area (Å²) in [6.45, 7) is 0. The highest BCUT2D eigenvalue weighted by molar-refractivity contribution is 8.06. The van der Waals surface area contributed by atoms with E-state index in [1.165, 1.54) is 5.56 Å². The molecule has 4 nitrogen and oxygen atoms in total. The van der Waals surface area contributed by atoms with Crippen LogP contribution < -0.4 is 0 Å². The van der Waals surface area contributed by atoms with Crippen molar-refractivity contribution in [2.24, 2.45) is 9.98 Å². The second-order valence-electron chi connectivity index (χ2n) is 5.85. The molecule has 2 aliphatic rings. The van der Waals surface area contributed by atoms with E-state index in [0.717, 1.165) is 45.9 Å². The fourth-order valence-electron chi connectivity index (χ4n) is 3.62. The van der Waals surface area contributed by atoms with Crippen molar-refractivity contribution in [2.75, 3.05) is 17.3 Å². The predicted molar refractivity (Wildman–Crippen MR) is 103 cm³/mol. The first kappa shape index (κ1) is 16.4. The first-order valence-corrected chi connectivity index (χ1v) is 10.2. The third-order valence-electron chi connectivity index (χ3n) is 4.57. The second kappa shape index (κ2) is 7.03. The SMILES string of the molecule is O=C=Nc1cccc2c1-c1ccc(N=C=O)c(C3CSCCS3)c1C2. The minimum atomic E-state index is 0.313. The summed E-state index contributed by atoms with van der Waals surface area (Å²) < 4.78 is 0. The lowest BCUT2D eigenvalue weighted by atomic mass is 9.97. The smallest absolute Gasteiger partial charge is 0.211 e. The van der Waals surface area contributed by atoms with Crippen LogP contribution in [0.25, 0.3) is 11.1 Å². The van der Waals surface area contributed by atoms with Crippen LogP contribution in [0.3, 0.4) is 0 Å². The molecule has 124 valence electrons. The van der Waals surface area contributed by atoms with Gasteiger partial charge < -0.3 is 0 Å². The molecule has 1 unspecified atom stereocenters. The summed E-state index contributed by atoms with van der Waals surface area (Å²) in [6.07, 6.45) is 4.12. The maximum atomic E-state index is 10.9. The Hall–Kier alpha value is -2.10. The lowest BCUT2D eigenvalue weighted by Gasteiger charge is -2.24. The summed E-state index contributed by atoms with van der Waals surface area (Å²) >= 11 is 3.85. The summed E-state index contributed by atoms with van der Waals surface area (Å²) in [5.41, 5.74) is 6.91. The molecule has 0 spiro atoms. The monoisotopic (exact) mass is 366 g/mol. The summed E-state index contributed by atoms with van der Waals surface area (Å²) in [4.78, 5) is 29.5. The van der Waals surface area contributed by atoms with Crippen molar-refractivity contribution in [2.45, 2.75) is 11.7 Å². The molecule has 6 heteroatoms. The summed E-state index contributed by atoms with van der Waals surface area (Å²) in [6, 6.07) is 9.67. The van der Waals surface area contributed by atoms with Gasteiger partial charge in [0.1, 0.15) is 0 Å². The predicted octanol–water partition coefficient (Wildman–Crippen LogP) is 4.71. The molecule has 2 aromatic rings. The van der Waals surface area contributed by atoms with Gasteiger partial charge in [0.25, 0.3) is 0 Å². The molecule has 0 bridgehead atoms. The summed E-state index contributed by atoms with van der Waals surface area (Å²) in [5.74, 6) is 3.26. The first-order valence-electron chi connectivity index (χ1n) is 7.96. The molecule has 2 aromatic carbocycles. The van der Waals surface area contributed by atoms with Gasteiger partial charge in [-0.05, 0) is 40.8 Å². The number of isocyanates is 2. The van der Waals surface area contributed by atoms with E-state index in [1.807, 2.05) is 47.8 Å². The molecular formula is C19H14N2O2S2. The Labute approximate surface area is 153 Å². The van der Waals surface area contributed by atoms with E-state index in [0.29, 0.717) is 16.6 Å². The molecule has 0 amide bonds. The van der Waals surface area contributed by atoms with E-state index in [2.05, 4.69) is 16.1 Å². The van der Waals surface area contributed by atoms with Crippen LogP contribution in [-0.2, 0) is 16.0 Å². The van der Waals surface area contributed by atoms with Gasteiger partial charge in [-0.2, -0.15) is 33.5 Å². The van der Waals surface area contributed by atoms with Crippen LogP contribution in [0.1, 0.15) is 21.9 Å². The van der Waals surface area contributed by atoms with E-state index in [1.54, 1.807) is 12.2 Å². The van der Waals surface area contributed by atoms with Crippen molar-refractivity contribution >= 4 is 47.1 Å². The zero-order valence-electron chi connectivity index (χ0n) is 13.3. The topological polar surface area (TPSA) is 58.9 Å². The van der Waals surface area contributed by atoms with Gasteiger partial charge in [-0.15, -0.1) is 0 Å². The number of fused-ring (bicyclic) bond motifs is 3. The highest BCUT2D eigenvalue weighted by atomic mass is 32.2. The highest BCUT2D eigenvalue weighted by Crippen LogP contribution is 2.50. The molecule has 0 aromatic heterocycles. The lowest BCUT2D eigenvalue weighted by molar-refractivity contribution is 0.564. The summed E-state index contributed by atoms with van der Waals surface area (Å²) in [7, 11) is 0. The average Bonchev–Trinajstić information content (AvgIpc) is 3.02. The van der Waals surface area contributed by atoms with Gasteiger partial charge in [0.05, 0.1) is 11.4 Å². The molecule has 0 N–H and O–H groups in total. The largest absolute Gasteiger partial charge is 0.240 e. The second-order valence-corrected chi connectivity index (χ2v) is 8.31. The Morgan fingerprint density at radius 2 is 1.84 bits per heavy atom. The molecule has 25 heavy (non-hydrogen) atoms. The molecule has 1 aliphatic heterocycles. The fraction of sp³-hybridized carbons (Fsp3) is 0.263. The van der Waals surface area contributed by atoms with Crippen molar-refractivity contribution < 1.29 is 9.59 Å². The van der Waals surface area contributed by atoms with Crippen LogP contribution in [0.5, 0.6) is 0 Å². The third kappa shape index (κ3) is 2.88. The minimum Gasteiger partial charge on any atom is -0.211 e. The molecule has 0 radical (unpaired) electrons. The average molecular weight is 366 g/mol. The van der Waals surface area contributed by atoms with Gasteiger partial charge >= 0.3 is 0 Å². The first-order chi connectivity index (χ1) is 12.3. The Balaban J connectivity index is 1.93. The van der Waals surface area contributed by atoms with Gasteiger partial charge in [0.15, 0.2) is 0 Å². The Morgan fingerprint density at radius 3 is 2.60 bits per heavy atom. The number of hydrogen-bond donors (Lipinski definition) is 0. The molecule has 1 atom stereocenters. The van der Waals surface area contributed by atoms with Crippen molar-refractivity contribution in [1.29, 1.82) is 0 Å². The van der Waals surface area contributed by atoms with Gasteiger partial charge in [-0.25, -0.2) is 9.59 Å². The van der Waals surface area contributed by atoms with Crippen molar-refractivity contribution in [3.63, 3.8) is 0 Å². The van der Waals surface area contributed by atoms with Gasteiger partial charge in [-0.1, -0.05) is 18.2 Å². The molecule has 1 fully saturated rings. The number of rotatable bonds is 3. The number of carbonyl (C=O) groups excluding carboxylic acids is 2. The lowest BCUT2D eigenvalue weighted by Crippen LogP contribution is -2.09. The van der Waals surface area contributed by atoms with Crippen LogP contribution in [-0.4, -0.2) is 29.4 Å². The van der Waals surface area contributed by atoms with Crippen molar-refractivity contribution in [3.05, 3.63) is 47.0 Å². The zero-order valence-corrected chi connectivity index (χ0v) is 15.0. The van der Waals surface area contributed by atoms with E-state index in [-0.39, 0.29) is 0 Å². The van der Waals surface area contributed by atoms with Crippen molar-refractivity contribution in [1.82, 2.24) is 0 Å². The highest BCUT2D eigenvalue weighted by Gasteiger charge is 2.30. The van der Waals surface area contributed by atoms with Gasteiger partial charge in [0, 0.05) is 28.1 Å². The Morgan fingerprint density at radius 1 is 1.00 bits per heavy atom. The number of benzene rings is 2. The molecule has 1 saturated heterocycles. The van der Waals surface area contributed by atoms with Crippen LogP contribution in [0, 0.1) is 0 Å². The van der Waals surface area contributed by atoms with E-state index in [9.17, 15) is 9.59 Å². The van der Waals surface area contributed by atoms with Crippen molar-refractivity contribution in [3.8, 4) is 11.1 Å². The normalized spacial score (nSPS) is 17.8. The maximum Gasteiger partial charge on any atom is 0.240 e. The van der Waals surface area contributed by atoms with Crippen LogP contribution in [0.2, 0.25) is 0 Å². The third-order valence-corrected chi connectivity index (χ3v) is 7.35. The van der Waals surface area contributed by atoms with Gasteiger partial charge in [0.2, 0.25) is 12.2 Å². The fourth-order valence-corrected chi connectivity index (χ4v) is 6.41. The Kier molecular flexibility index (Phi) is 4.60.